The van der Waals surface area contributed by atoms with Crippen molar-refractivity contribution in [3.05, 3.63) is 107 Å². The minimum absolute atomic E-state index is 0.0716. The Bertz CT molecular complexity index is 947. The van der Waals surface area contributed by atoms with Gasteiger partial charge in [0.25, 0.3) is 0 Å². The van der Waals surface area contributed by atoms with Crippen molar-refractivity contribution < 1.29 is 9.53 Å². The molecule has 3 aromatic rings. The number of hydrogen-bond donors (Lipinski definition) is 1. The van der Waals surface area contributed by atoms with Crippen molar-refractivity contribution in [2.75, 3.05) is 13.2 Å². The Morgan fingerprint density at radius 1 is 0.862 bits per heavy atom. The van der Waals surface area contributed by atoms with Gasteiger partial charge in [-0.2, -0.15) is 0 Å². The number of aryl methyl sites for hydroxylation is 1. The Kier molecular flexibility index (Phi) is 5.77. The predicted octanol–water partition coefficient (Wildman–Crippen LogP) is 4.95. The second-order valence-corrected chi connectivity index (χ2v) is 7.79. The molecule has 1 amide bonds. The van der Waals surface area contributed by atoms with Crippen molar-refractivity contribution in [3.8, 4) is 0 Å². The van der Waals surface area contributed by atoms with Crippen molar-refractivity contribution in [3.63, 3.8) is 0 Å². The van der Waals surface area contributed by atoms with E-state index in [1.54, 1.807) is 0 Å². The fourth-order valence-electron chi connectivity index (χ4n) is 4.25. The summed E-state index contributed by atoms with van der Waals surface area (Å²) in [5, 5.41) is 3.39. The Balaban J connectivity index is 1.71. The third-order valence-electron chi connectivity index (χ3n) is 5.89. The van der Waals surface area contributed by atoms with E-state index in [1.807, 2.05) is 42.5 Å². The maximum atomic E-state index is 13.8. The molecule has 1 unspecified atom stereocenters. The molecule has 1 saturated heterocycles. The minimum Gasteiger partial charge on any atom is -0.381 e. The van der Waals surface area contributed by atoms with E-state index in [0.717, 1.165) is 16.7 Å². The molecule has 29 heavy (non-hydrogen) atoms. The first-order valence-corrected chi connectivity index (χ1v) is 10.2. The lowest BCUT2D eigenvalue weighted by atomic mass is 9.73. The van der Waals surface area contributed by atoms with Crippen LogP contribution < -0.4 is 5.32 Å². The summed E-state index contributed by atoms with van der Waals surface area (Å²) < 4.78 is 5.61. The lowest BCUT2D eigenvalue weighted by molar-refractivity contribution is -0.131. The molecule has 3 heteroatoms. The van der Waals surface area contributed by atoms with Crippen LogP contribution in [0.1, 0.15) is 41.1 Å². The van der Waals surface area contributed by atoms with Gasteiger partial charge >= 0.3 is 0 Å². The van der Waals surface area contributed by atoms with Crippen molar-refractivity contribution >= 4 is 5.91 Å². The van der Waals surface area contributed by atoms with E-state index in [1.165, 1.54) is 5.56 Å². The molecular weight excluding hydrogens is 358 g/mol. The number of benzene rings is 3. The van der Waals surface area contributed by atoms with Gasteiger partial charge in [-0.05, 0) is 36.5 Å². The SMILES string of the molecule is Cc1cccc(C(NC(=O)C2(c3ccccc3)CCOCC2)c2ccccc2)c1. The van der Waals surface area contributed by atoms with Crippen LogP contribution in [0.4, 0.5) is 0 Å². The van der Waals surface area contributed by atoms with Gasteiger partial charge in [0, 0.05) is 13.2 Å². The van der Waals surface area contributed by atoms with E-state index >= 15 is 0 Å². The maximum Gasteiger partial charge on any atom is 0.231 e. The van der Waals surface area contributed by atoms with Crippen molar-refractivity contribution in [1.82, 2.24) is 5.32 Å². The van der Waals surface area contributed by atoms with Crippen LogP contribution in [0.25, 0.3) is 0 Å². The molecular formula is C26H27NO2. The molecule has 0 bridgehead atoms. The zero-order valence-electron chi connectivity index (χ0n) is 16.8. The van der Waals surface area contributed by atoms with Crippen LogP contribution in [0.5, 0.6) is 0 Å². The highest BCUT2D eigenvalue weighted by molar-refractivity contribution is 5.89. The van der Waals surface area contributed by atoms with Crippen molar-refractivity contribution in [2.45, 2.75) is 31.2 Å². The molecule has 1 fully saturated rings. The van der Waals surface area contributed by atoms with E-state index in [4.69, 9.17) is 4.74 Å². The van der Waals surface area contributed by atoms with Gasteiger partial charge in [0.05, 0.1) is 11.5 Å². The lowest BCUT2D eigenvalue weighted by Crippen LogP contribution is -2.49. The molecule has 1 heterocycles. The van der Waals surface area contributed by atoms with Crippen LogP contribution in [0, 0.1) is 6.92 Å². The van der Waals surface area contributed by atoms with E-state index in [9.17, 15) is 4.79 Å². The van der Waals surface area contributed by atoms with Crippen LogP contribution >= 0.6 is 0 Å². The number of ether oxygens (including phenoxy) is 1. The zero-order valence-corrected chi connectivity index (χ0v) is 16.8. The van der Waals surface area contributed by atoms with E-state index < -0.39 is 5.41 Å². The van der Waals surface area contributed by atoms with E-state index in [0.29, 0.717) is 26.1 Å². The van der Waals surface area contributed by atoms with Gasteiger partial charge < -0.3 is 10.1 Å². The van der Waals surface area contributed by atoms with Gasteiger partial charge in [-0.25, -0.2) is 0 Å². The first-order valence-electron chi connectivity index (χ1n) is 10.2. The third kappa shape index (κ3) is 4.10. The molecule has 3 nitrogen and oxygen atoms in total. The molecule has 1 N–H and O–H groups in total. The number of carbonyl (C=O) groups is 1. The smallest absolute Gasteiger partial charge is 0.231 e. The molecule has 4 rings (SSSR count). The molecule has 1 aliphatic heterocycles. The molecule has 1 aliphatic rings. The molecule has 0 radical (unpaired) electrons. The van der Waals surface area contributed by atoms with Gasteiger partial charge in [0.15, 0.2) is 0 Å². The van der Waals surface area contributed by atoms with Crippen molar-refractivity contribution in [1.29, 1.82) is 0 Å². The quantitative estimate of drug-likeness (QED) is 0.675. The second-order valence-electron chi connectivity index (χ2n) is 7.79. The van der Waals surface area contributed by atoms with Gasteiger partial charge in [-0.15, -0.1) is 0 Å². The monoisotopic (exact) mass is 385 g/mol. The largest absolute Gasteiger partial charge is 0.381 e. The maximum absolute atomic E-state index is 13.8. The second kappa shape index (κ2) is 8.62. The summed E-state index contributed by atoms with van der Waals surface area (Å²) in [7, 11) is 0. The third-order valence-corrected chi connectivity index (χ3v) is 5.89. The average Bonchev–Trinajstić information content (AvgIpc) is 2.79. The summed E-state index contributed by atoms with van der Waals surface area (Å²) in [5.41, 5.74) is 3.87. The molecule has 0 aliphatic carbocycles. The molecule has 0 saturated carbocycles. The Morgan fingerprint density at radius 3 is 2.14 bits per heavy atom. The fraction of sp³-hybridized carbons (Fsp3) is 0.269. The molecule has 148 valence electrons. The van der Waals surface area contributed by atoms with Crippen LogP contribution in [-0.2, 0) is 14.9 Å². The first kappa shape index (κ1) is 19.4. The number of nitrogens with one attached hydrogen (secondary N) is 1. The topological polar surface area (TPSA) is 38.3 Å². The predicted molar refractivity (Wildman–Crippen MR) is 116 cm³/mol. The summed E-state index contributed by atoms with van der Waals surface area (Å²) in [6.45, 7) is 3.28. The highest BCUT2D eigenvalue weighted by atomic mass is 16.5. The average molecular weight is 386 g/mol. The summed E-state index contributed by atoms with van der Waals surface area (Å²) in [6, 6.07) is 28.5. The molecule has 1 atom stereocenters. The number of rotatable bonds is 5. The van der Waals surface area contributed by atoms with Gasteiger partial charge in [-0.3, -0.25) is 4.79 Å². The zero-order chi connectivity index (χ0) is 20.1. The lowest BCUT2D eigenvalue weighted by Gasteiger charge is -2.37. The standard InChI is InChI=1S/C26H27NO2/c1-20-9-8-12-22(19-20)24(21-10-4-2-5-11-21)27-25(28)26(15-17-29-18-16-26)23-13-6-3-7-14-23/h2-14,19,24H,15-18H2,1H3,(H,27,28). The highest BCUT2D eigenvalue weighted by Crippen LogP contribution is 2.36. The first-order chi connectivity index (χ1) is 14.2. The fourth-order valence-corrected chi connectivity index (χ4v) is 4.25. The molecule has 0 aromatic heterocycles. The highest BCUT2D eigenvalue weighted by Gasteiger charge is 2.42. The number of carbonyl (C=O) groups excluding carboxylic acids is 1. The van der Waals surface area contributed by atoms with Gasteiger partial charge in [-0.1, -0.05) is 90.5 Å². The number of amides is 1. The minimum atomic E-state index is -0.559. The number of hydrogen-bond acceptors (Lipinski definition) is 2. The van der Waals surface area contributed by atoms with Crippen molar-refractivity contribution in [2.24, 2.45) is 0 Å². The summed E-state index contributed by atoms with van der Waals surface area (Å²) in [6.07, 6.45) is 1.39. The Hall–Kier alpha value is -2.91. The summed E-state index contributed by atoms with van der Waals surface area (Å²) in [4.78, 5) is 13.8. The molecule has 3 aromatic carbocycles. The van der Waals surface area contributed by atoms with Crippen LogP contribution in [0.2, 0.25) is 0 Å². The van der Waals surface area contributed by atoms with Crippen LogP contribution in [0.15, 0.2) is 84.9 Å². The summed E-state index contributed by atoms with van der Waals surface area (Å²) >= 11 is 0. The van der Waals surface area contributed by atoms with Crippen LogP contribution in [0.3, 0.4) is 0 Å². The Morgan fingerprint density at radius 2 is 1.48 bits per heavy atom. The van der Waals surface area contributed by atoms with Gasteiger partial charge in [0.2, 0.25) is 5.91 Å². The van der Waals surface area contributed by atoms with Crippen LogP contribution in [-0.4, -0.2) is 19.1 Å². The normalized spacial score (nSPS) is 16.7. The van der Waals surface area contributed by atoms with Gasteiger partial charge in [0.1, 0.15) is 0 Å². The summed E-state index contributed by atoms with van der Waals surface area (Å²) in [5.74, 6) is 0.0716. The molecule has 0 spiro atoms. The Labute approximate surface area is 172 Å². The van der Waals surface area contributed by atoms with E-state index in [2.05, 4.69) is 54.7 Å². The van der Waals surface area contributed by atoms with E-state index in [-0.39, 0.29) is 11.9 Å².